The molecule has 0 saturated carbocycles. The lowest BCUT2D eigenvalue weighted by Gasteiger charge is -2.12. The number of nitrogen functional groups attached to an aromatic ring is 1. The van der Waals surface area contributed by atoms with Crippen LogP contribution in [0.25, 0.3) is 11.3 Å². The summed E-state index contributed by atoms with van der Waals surface area (Å²) in [6, 6.07) is 3.87. The van der Waals surface area contributed by atoms with Crippen molar-refractivity contribution in [3.63, 3.8) is 0 Å². The Morgan fingerprint density at radius 2 is 2.42 bits per heavy atom. The molecule has 2 aromatic rings. The number of aromatic nitrogens is 3. The fourth-order valence-electron chi connectivity index (χ4n) is 2.51. The van der Waals surface area contributed by atoms with Gasteiger partial charge in [-0.05, 0) is 31.4 Å². The molecule has 1 saturated heterocycles. The van der Waals surface area contributed by atoms with Crippen LogP contribution < -0.4 is 5.73 Å². The number of nitrogens with zero attached hydrogens (tertiary/aromatic N) is 3. The normalized spacial score (nSPS) is 18.8. The minimum absolute atomic E-state index is 0.390. The fourth-order valence-corrected chi connectivity index (χ4v) is 2.51. The van der Waals surface area contributed by atoms with Crippen molar-refractivity contribution in [2.24, 2.45) is 0 Å². The van der Waals surface area contributed by atoms with Gasteiger partial charge in [0.05, 0.1) is 24.3 Å². The average Bonchev–Trinajstić information content (AvgIpc) is 3.08. The molecule has 2 N–H and O–H groups in total. The van der Waals surface area contributed by atoms with Gasteiger partial charge >= 0.3 is 0 Å². The number of hydrogen-bond acceptors (Lipinski definition) is 4. The van der Waals surface area contributed by atoms with Crippen molar-refractivity contribution < 1.29 is 4.74 Å². The molecule has 0 spiro atoms. The third-order valence-corrected chi connectivity index (χ3v) is 3.54. The minimum Gasteiger partial charge on any atom is -0.383 e. The molecule has 0 amide bonds. The first kappa shape index (κ1) is 12.2. The quantitative estimate of drug-likeness (QED) is 0.912. The van der Waals surface area contributed by atoms with Crippen molar-refractivity contribution in [3.05, 3.63) is 30.9 Å². The van der Waals surface area contributed by atoms with Crippen LogP contribution in [0.1, 0.15) is 19.3 Å². The molecule has 5 nitrogen and oxygen atoms in total. The molecule has 5 heteroatoms. The van der Waals surface area contributed by atoms with E-state index in [0.29, 0.717) is 11.9 Å². The van der Waals surface area contributed by atoms with Gasteiger partial charge in [0.15, 0.2) is 0 Å². The Morgan fingerprint density at radius 3 is 3.21 bits per heavy atom. The van der Waals surface area contributed by atoms with Crippen molar-refractivity contribution in [1.82, 2.24) is 14.5 Å². The molecule has 0 aliphatic carbocycles. The molecular weight excluding hydrogens is 240 g/mol. The lowest BCUT2D eigenvalue weighted by atomic mass is 10.1. The largest absolute Gasteiger partial charge is 0.383 e. The Morgan fingerprint density at radius 1 is 1.47 bits per heavy atom. The summed E-state index contributed by atoms with van der Waals surface area (Å²) in [7, 11) is 0. The summed E-state index contributed by atoms with van der Waals surface area (Å²) in [4.78, 5) is 8.35. The first-order valence-electron chi connectivity index (χ1n) is 6.67. The SMILES string of the molecule is Nc1ncccc1-c1cncn1CCC1CCCO1. The second-order valence-electron chi connectivity index (χ2n) is 4.83. The number of aryl methyl sites for hydroxylation is 1. The van der Waals surface area contributed by atoms with Gasteiger partial charge in [0.2, 0.25) is 0 Å². The van der Waals surface area contributed by atoms with E-state index in [-0.39, 0.29) is 0 Å². The van der Waals surface area contributed by atoms with Crippen molar-refractivity contribution >= 4 is 5.82 Å². The maximum absolute atomic E-state index is 5.92. The highest BCUT2D eigenvalue weighted by atomic mass is 16.5. The van der Waals surface area contributed by atoms with Crippen LogP contribution in [0, 0.1) is 0 Å². The van der Waals surface area contributed by atoms with E-state index in [2.05, 4.69) is 14.5 Å². The number of hydrogen-bond donors (Lipinski definition) is 1. The van der Waals surface area contributed by atoms with Gasteiger partial charge in [0, 0.05) is 24.9 Å². The molecule has 3 heterocycles. The lowest BCUT2D eigenvalue weighted by molar-refractivity contribution is 0.100. The summed E-state index contributed by atoms with van der Waals surface area (Å²) in [5.74, 6) is 0.543. The molecule has 0 bridgehead atoms. The van der Waals surface area contributed by atoms with Crippen LogP contribution in [0.4, 0.5) is 5.82 Å². The predicted molar refractivity (Wildman–Crippen MR) is 73.5 cm³/mol. The van der Waals surface area contributed by atoms with Gasteiger partial charge in [-0.1, -0.05) is 0 Å². The zero-order chi connectivity index (χ0) is 13.1. The van der Waals surface area contributed by atoms with Crippen LogP contribution in [0.3, 0.4) is 0 Å². The summed E-state index contributed by atoms with van der Waals surface area (Å²) >= 11 is 0. The van der Waals surface area contributed by atoms with E-state index in [9.17, 15) is 0 Å². The molecule has 19 heavy (non-hydrogen) atoms. The highest BCUT2D eigenvalue weighted by Gasteiger charge is 2.16. The molecule has 100 valence electrons. The number of rotatable bonds is 4. The Bertz CT molecular complexity index is 546. The molecule has 1 aliphatic heterocycles. The monoisotopic (exact) mass is 258 g/mol. The fraction of sp³-hybridized carbons (Fsp3) is 0.429. The molecule has 2 aromatic heterocycles. The summed E-state index contributed by atoms with van der Waals surface area (Å²) in [5.41, 5.74) is 7.88. The van der Waals surface area contributed by atoms with Crippen LogP contribution >= 0.6 is 0 Å². The van der Waals surface area contributed by atoms with Crippen molar-refractivity contribution in [2.45, 2.75) is 31.9 Å². The molecule has 0 radical (unpaired) electrons. The third kappa shape index (κ3) is 2.61. The van der Waals surface area contributed by atoms with Gasteiger partial charge in [0.25, 0.3) is 0 Å². The second kappa shape index (κ2) is 5.40. The van der Waals surface area contributed by atoms with Crippen molar-refractivity contribution in [3.8, 4) is 11.3 Å². The molecule has 1 atom stereocenters. The van der Waals surface area contributed by atoms with Crippen LogP contribution in [0.5, 0.6) is 0 Å². The smallest absolute Gasteiger partial charge is 0.132 e. The number of nitrogens with two attached hydrogens (primary N) is 1. The Balaban J connectivity index is 1.76. The maximum Gasteiger partial charge on any atom is 0.132 e. The third-order valence-electron chi connectivity index (χ3n) is 3.54. The number of ether oxygens (including phenoxy) is 1. The maximum atomic E-state index is 5.92. The summed E-state index contributed by atoms with van der Waals surface area (Å²) in [5, 5.41) is 0. The highest BCUT2D eigenvalue weighted by Crippen LogP contribution is 2.24. The van der Waals surface area contributed by atoms with E-state index in [1.54, 1.807) is 6.20 Å². The Kier molecular flexibility index (Phi) is 3.46. The molecule has 3 rings (SSSR count). The topological polar surface area (TPSA) is 66.0 Å². The van der Waals surface area contributed by atoms with E-state index < -0.39 is 0 Å². The minimum atomic E-state index is 0.390. The highest BCUT2D eigenvalue weighted by molar-refractivity contribution is 5.70. The van der Waals surface area contributed by atoms with Crippen molar-refractivity contribution in [1.29, 1.82) is 0 Å². The van der Waals surface area contributed by atoms with Gasteiger partial charge in [-0.25, -0.2) is 9.97 Å². The summed E-state index contributed by atoms with van der Waals surface area (Å²) in [6.07, 6.45) is 9.13. The standard InChI is InChI=1S/C14H18N4O/c15-14-12(4-1-6-17-14)13-9-16-10-18(13)7-5-11-3-2-8-19-11/h1,4,6,9-11H,2-3,5,7-8H2,(H2,15,17). The lowest BCUT2D eigenvalue weighted by Crippen LogP contribution is -2.10. The van der Waals surface area contributed by atoms with Gasteiger partial charge < -0.3 is 15.0 Å². The molecule has 0 aromatic carbocycles. The van der Waals surface area contributed by atoms with Gasteiger partial charge in [-0.2, -0.15) is 0 Å². The first-order chi connectivity index (χ1) is 9.34. The predicted octanol–water partition coefficient (Wildman–Crippen LogP) is 2.10. The zero-order valence-corrected chi connectivity index (χ0v) is 10.8. The average molecular weight is 258 g/mol. The van der Waals surface area contributed by atoms with Gasteiger partial charge in [0.1, 0.15) is 5.82 Å². The number of imidazole rings is 1. The number of anilines is 1. The van der Waals surface area contributed by atoms with Gasteiger partial charge in [-0.15, -0.1) is 0 Å². The van der Waals surface area contributed by atoms with Gasteiger partial charge in [-0.3, -0.25) is 0 Å². The number of pyridine rings is 1. The van der Waals surface area contributed by atoms with Crippen LogP contribution in [0.15, 0.2) is 30.9 Å². The first-order valence-corrected chi connectivity index (χ1v) is 6.67. The second-order valence-corrected chi connectivity index (χ2v) is 4.83. The molecule has 1 unspecified atom stereocenters. The van der Waals surface area contributed by atoms with E-state index >= 15 is 0 Å². The molecule has 1 aliphatic rings. The van der Waals surface area contributed by atoms with E-state index in [1.807, 2.05) is 24.7 Å². The Hall–Kier alpha value is -1.88. The van der Waals surface area contributed by atoms with Crippen LogP contribution in [0.2, 0.25) is 0 Å². The Labute approximate surface area is 112 Å². The van der Waals surface area contributed by atoms with E-state index in [0.717, 1.165) is 30.8 Å². The molecular formula is C14H18N4O. The zero-order valence-electron chi connectivity index (χ0n) is 10.8. The summed E-state index contributed by atoms with van der Waals surface area (Å²) < 4.78 is 7.77. The molecule has 1 fully saturated rings. The van der Waals surface area contributed by atoms with Crippen molar-refractivity contribution in [2.75, 3.05) is 12.3 Å². The van der Waals surface area contributed by atoms with Crippen LogP contribution in [-0.4, -0.2) is 27.2 Å². The van der Waals surface area contributed by atoms with E-state index in [4.69, 9.17) is 10.5 Å². The van der Waals surface area contributed by atoms with E-state index in [1.165, 1.54) is 12.8 Å². The summed E-state index contributed by atoms with van der Waals surface area (Å²) in [6.45, 7) is 1.80. The van der Waals surface area contributed by atoms with Crippen LogP contribution in [-0.2, 0) is 11.3 Å².